The Kier molecular flexibility index (Phi) is 6.66. The second-order valence-corrected chi connectivity index (χ2v) is 5.97. The Morgan fingerprint density at radius 1 is 1.21 bits per heavy atom. The molecule has 2 aromatic rings. The molecule has 0 atom stereocenters. The molecule has 0 aliphatic carbocycles. The fourth-order valence-electron chi connectivity index (χ4n) is 2.15. The number of hydrogen-bond acceptors (Lipinski definition) is 4. The summed E-state index contributed by atoms with van der Waals surface area (Å²) in [4.78, 5) is 20.4. The van der Waals surface area contributed by atoms with Gasteiger partial charge < -0.3 is 10.6 Å². The molecule has 2 rings (SSSR count). The smallest absolute Gasteiger partial charge is 0.270 e. The second kappa shape index (κ2) is 8.96. The van der Waals surface area contributed by atoms with Gasteiger partial charge in [0.15, 0.2) is 0 Å². The molecule has 2 N–H and O–H groups in total. The summed E-state index contributed by atoms with van der Waals surface area (Å²) in [6, 6.07) is 8.11. The van der Waals surface area contributed by atoms with Crippen molar-refractivity contribution < 1.29 is 9.18 Å². The maximum absolute atomic E-state index is 13.5. The van der Waals surface area contributed by atoms with Crippen molar-refractivity contribution >= 4 is 11.9 Å². The minimum absolute atomic E-state index is 0.259. The molecule has 1 heterocycles. The van der Waals surface area contributed by atoms with Gasteiger partial charge in [-0.15, -0.1) is 0 Å². The summed E-state index contributed by atoms with van der Waals surface area (Å²) in [6.45, 7) is 5.39. The van der Waals surface area contributed by atoms with Crippen molar-refractivity contribution in [2.24, 2.45) is 5.92 Å². The van der Waals surface area contributed by atoms with Crippen LogP contribution in [0.1, 0.15) is 36.3 Å². The minimum atomic E-state index is -0.291. The fourth-order valence-corrected chi connectivity index (χ4v) is 2.15. The van der Waals surface area contributed by atoms with Crippen LogP contribution in [0.4, 0.5) is 10.3 Å². The Labute approximate surface area is 141 Å². The first-order chi connectivity index (χ1) is 11.6. The quantitative estimate of drug-likeness (QED) is 0.781. The zero-order valence-electron chi connectivity index (χ0n) is 14.1. The van der Waals surface area contributed by atoms with E-state index in [-0.39, 0.29) is 11.7 Å². The molecular formula is C18H23FN4O. The molecule has 0 saturated carbocycles. The standard InChI is InChI=1S/C18H23FN4O/c1-13(2)7-10-21-18-22-12-9-16(23-18)17(24)20-11-8-14-5-3-4-6-15(14)19/h3-6,9,12-13H,7-8,10-11H2,1-2H3,(H,20,24)(H,21,22,23). The largest absolute Gasteiger partial charge is 0.354 e. The number of carbonyl (C=O) groups excluding carboxylic acids is 1. The normalized spacial score (nSPS) is 10.7. The summed E-state index contributed by atoms with van der Waals surface area (Å²) in [5.74, 6) is 0.478. The highest BCUT2D eigenvalue weighted by atomic mass is 19.1. The van der Waals surface area contributed by atoms with Gasteiger partial charge in [0, 0.05) is 19.3 Å². The van der Waals surface area contributed by atoms with E-state index in [0.29, 0.717) is 36.1 Å². The molecule has 0 bridgehead atoms. The first-order valence-electron chi connectivity index (χ1n) is 8.15. The number of nitrogens with one attached hydrogen (secondary N) is 2. The molecule has 128 valence electrons. The van der Waals surface area contributed by atoms with Gasteiger partial charge in [-0.1, -0.05) is 32.0 Å². The molecule has 1 amide bonds. The Hall–Kier alpha value is -2.50. The van der Waals surface area contributed by atoms with Crippen LogP contribution in [0, 0.1) is 11.7 Å². The van der Waals surface area contributed by atoms with Gasteiger partial charge in [0.05, 0.1) is 0 Å². The van der Waals surface area contributed by atoms with Gasteiger partial charge in [0.25, 0.3) is 5.91 Å². The van der Waals surface area contributed by atoms with Crippen LogP contribution in [0.3, 0.4) is 0 Å². The van der Waals surface area contributed by atoms with Gasteiger partial charge in [-0.25, -0.2) is 14.4 Å². The summed E-state index contributed by atoms with van der Waals surface area (Å²) in [5, 5.41) is 5.86. The molecule has 0 radical (unpaired) electrons. The third kappa shape index (κ3) is 5.61. The monoisotopic (exact) mass is 330 g/mol. The number of aromatic nitrogens is 2. The number of nitrogens with zero attached hydrogens (tertiary/aromatic N) is 2. The average molecular weight is 330 g/mol. The highest BCUT2D eigenvalue weighted by Crippen LogP contribution is 2.07. The van der Waals surface area contributed by atoms with Gasteiger partial charge in [-0.2, -0.15) is 0 Å². The molecule has 0 aliphatic rings. The number of halogens is 1. The molecule has 0 saturated heterocycles. The molecule has 6 heteroatoms. The van der Waals surface area contributed by atoms with E-state index in [9.17, 15) is 9.18 Å². The van der Waals surface area contributed by atoms with Gasteiger partial charge in [0.2, 0.25) is 5.95 Å². The van der Waals surface area contributed by atoms with Gasteiger partial charge in [-0.3, -0.25) is 4.79 Å². The number of hydrogen-bond donors (Lipinski definition) is 2. The molecule has 0 fully saturated rings. The summed E-state index contributed by atoms with van der Waals surface area (Å²) in [7, 11) is 0. The van der Waals surface area contributed by atoms with Crippen molar-refractivity contribution in [3.8, 4) is 0 Å². The Balaban J connectivity index is 1.84. The van der Waals surface area contributed by atoms with E-state index in [0.717, 1.165) is 13.0 Å². The van der Waals surface area contributed by atoms with Crippen LogP contribution < -0.4 is 10.6 Å². The van der Waals surface area contributed by atoms with Gasteiger partial charge in [0.1, 0.15) is 11.5 Å². The zero-order valence-corrected chi connectivity index (χ0v) is 14.1. The zero-order chi connectivity index (χ0) is 17.4. The van der Waals surface area contributed by atoms with Crippen LogP contribution in [-0.4, -0.2) is 29.0 Å². The Morgan fingerprint density at radius 2 is 2.00 bits per heavy atom. The summed E-state index contributed by atoms with van der Waals surface area (Å²) >= 11 is 0. The van der Waals surface area contributed by atoms with Crippen LogP contribution in [0.15, 0.2) is 36.5 Å². The van der Waals surface area contributed by atoms with E-state index in [1.807, 2.05) is 0 Å². The maximum atomic E-state index is 13.5. The lowest BCUT2D eigenvalue weighted by Crippen LogP contribution is -2.27. The van der Waals surface area contributed by atoms with Crippen LogP contribution in [-0.2, 0) is 6.42 Å². The first kappa shape index (κ1) is 17.8. The molecule has 1 aromatic heterocycles. The van der Waals surface area contributed by atoms with Crippen LogP contribution in [0.2, 0.25) is 0 Å². The van der Waals surface area contributed by atoms with Crippen LogP contribution in [0.5, 0.6) is 0 Å². The van der Waals surface area contributed by atoms with E-state index in [4.69, 9.17) is 0 Å². The van der Waals surface area contributed by atoms with Crippen molar-refractivity contribution in [3.05, 3.63) is 53.6 Å². The van der Waals surface area contributed by atoms with Gasteiger partial charge >= 0.3 is 0 Å². The van der Waals surface area contributed by atoms with E-state index in [1.54, 1.807) is 30.5 Å². The molecule has 5 nitrogen and oxygen atoms in total. The van der Waals surface area contributed by atoms with Crippen LogP contribution in [0.25, 0.3) is 0 Å². The van der Waals surface area contributed by atoms with E-state index in [1.165, 1.54) is 6.07 Å². The van der Waals surface area contributed by atoms with Gasteiger partial charge in [-0.05, 0) is 36.5 Å². The Morgan fingerprint density at radius 3 is 2.75 bits per heavy atom. The summed E-state index contributed by atoms with van der Waals surface area (Å²) in [5.41, 5.74) is 0.877. The minimum Gasteiger partial charge on any atom is -0.354 e. The molecule has 0 unspecified atom stereocenters. The molecule has 0 aliphatic heterocycles. The maximum Gasteiger partial charge on any atom is 0.270 e. The van der Waals surface area contributed by atoms with Crippen molar-refractivity contribution in [1.29, 1.82) is 0 Å². The summed E-state index contributed by atoms with van der Waals surface area (Å²) in [6.07, 6.45) is 2.99. The second-order valence-electron chi connectivity index (χ2n) is 5.97. The third-order valence-corrected chi connectivity index (χ3v) is 3.53. The fraction of sp³-hybridized carbons (Fsp3) is 0.389. The lowest BCUT2D eigenvalue weighted by Gasteiger charge is -2.08. The number of rotatable bonds is 8. The van der Waals surface area contributed by atoms with Crippen molar-refractivity contribution in [2.75, 3.05) is 18.4 Å². The summed E-state index contributed by atoms with van der Waals surface area (Å²) < 4.78 is 13.5. The van der Waals surface area contributed by atoms with E-state index in [2.05, 4.69) is 34.4 Å². The average Bonchev–Trinajstić information content (AvgIpc) is 2.56. The van der Waals surface area contributed by atoms with Crippen molar-refractivity contribution in [2.45, 2.75) is 26.7 Å². The van der Waals surface area contributed by atoms with Crippen molar-refractivity contribution in [1.82, 2.24) is 15.3 Å². The van der Waals surface area contributed by atoms with Crippen molar-refractivity contribution in [3.63, 3.8) is 0 Å². The lowest BCUT2D eigenvalue weighted by atomic mass is 10.1. The molecule has 1 aromatic carbocycles. The van der Waals surface area contributed by atoms with E-state index < -0.39 is 0 Å². The van der Waals surface area contributed by atoms with Crippen LogP contribution >= 0.6 is 0 Å². The number of amides is 1. The first-order valence-corrected chi connectivity index (χ1v) is 8.15. The molecule has 0 spiro atoms. The highest BCUT2D eigenvalue weighted by Gasteiger charge is 2.09. The number of carbonyl (C=O) groups is 1. The highest BCUT2D eigenvalue weighted by molar-refractivity contribution is 5.92. The Bertz CT molecular complexity index is 676. The van der Waals surface area contributed by atoms with E-state index >= 15 is 0 Å². The predicted octanol–water partition coefficient (Wildman–Crippen LogP) is 3.05. The molecule has 24 heavy (non-hydrogen) atoms. The SMILES string of the molecule is CC(C)CCNc1nccc(C(=O)NCCc2ccccc2F)n1. The number of benzene rings is 1. The molecular weight excluding hydrogens is 307 g/mol. The topological polar surface area (TPSA) is 66.9 Å². The predicted molar refractivity (Wildman–Crippen MR) is 92.4 cm³/mol. The lowest BCUT2D eigenvalue weighted by molar-refractivity contribution is 0.0949. The third-order valence-electron chi connectivity index (χ3n) is 3.53. The number of anilines is 1.